The molecule has 1 N–H and O–H groups in total. The summed E-state index contributed by atoms with van der Waals surface area (Å²) in [4.78, 5) is 15.3. The lowest BCUT2D eigenvalue weighted by molar-refractivity contribution is 0.0677. The maximum absolute atomic E-state index is 12.2. The number of hydrogen-bond donors (Lipinski definition) is 1. The first-order chi connectivity index (χ1) is 9.43. The molecular formula is C15H23BrN2OS. The van der Waals surface area contributed by atoms with Crippen molar-refractivity contribution in [2.75, 3.05) is 20.6 Å². The standard InChI is InChI=1S/C15H23BrN2OS/c1-11-5-4-8-15(9-11,18(2)3)10-17-14(19)12-6-7-13(16)20-12/h6-7,11H,4-5,8-10H2,1-3H3,(H,17,19). The zero-order chi connectivity index (χ0) is 14.8. The Bertz CT molecular complexity index is 474. The van der Waals surface area contributed by atoms with Crippen LogP contribution in [-0.2, 0) is 0 Å². The van der Waals surface area contributed by atoms with Gasteiger partial charge in [-0.3, -0.25) is 4.79 Å². The molecule has 1 aliphatic rings. The van der Waals surface area contributed by atoms with E-state index in [0.29, 0.717) is 0 Å². The first kappa shape index (κ1) is 16.0. The molecule has 1 aromatic heterocycles. The van der Waals surface area contributed by atoms with Crippen LogP contribution in [0.4, 0.5) is 0 Å². The number of hydrogen-bond acceptors (Lipinski definition) is 3. The van der Waals surface area contributed by atoms with E-state index in [1.54, 1.807) is 0 Å². The van der Waals surface area contributed by atoms with Gasteiger partial charge in [0.1, 0.15) is 0 Å². The van der Waals surface area contributed by atoms with Crippen molar-refractivity contribution in [3.63, 3.8) is 0 Å². The van der Waals surface area contributed by atoms with Crippen LogP contribution in [0, 0.1) is 5.92 Å². The molecule has 0 aromatic carbocycles. The highest BCUT2D eigenvalue weighted by Crippen LogP contribution is 2.35. The van der Waals surface area contributed by atoms with Crippen molar-refractivity contribution in [3.8, 4) is 0 Å². The largest absolute Gasteiger partial charge is 0.349 e. The van der Waals surface area contributed by atoms with Gasteiger partial charge < -0.3 is 10.2 Å². The number of carbonyl (C=O) groups excluding carboxylic acids is 1. The van der Waals surface area contributed by atoms with Gasteiger partial charge in [-0.1, -0.05) is 19.8 Å². The van der Waals surface area contributed by atoms with E-state index in [9.17, 15) is 4.79 Å². The Morgan fingerprint density at radius 2 is 2.30 bits per heavy atom. The van der Waals surface area contributed by atoms with E-state index in [0.717, 1.165) is 27.5 Å². The van der Waals surface area contributed by atoms with Crippen molar-refractivity contribution < 1.29 is 4.79 Å². The Kier molecular flexibility index (Phi) is 5.26. The molecule has 0 radical (unpaired) electrons. The number of rotatable bonds is 4. The Hall–Kier alpha value is -0.390. The van der Waals surface area contributed by atoms with Gasteiger partial charge in [-0.05, 0) is 60.9 Å². The zero-order valence-corrected chi connectivity index (χ0v) is 14.8. The van der Waals surface area contributed by atoms with Crippen LogP contribution < -0.4 is 5.32 Å². The summed E-state index contributed by atoms with van der Waals surface area (Å²) in [5.74, 6) is 0.777. The predicted octanol–water partition coefficient (Wildman–Crippen LogP) is 3.75. The second-order valence-electron chi connectivity index (χ2n) is 6.11. The summed E-state index contributed by atoms with van der Waals surface area (Å²) in [5, 5.41) is 3.13. The van der Waals surface area contributed by atoms with Gasteiger partial charge in [-0.15, -0.1) is 11.3 Å². The second kappa shape index (κ2) is 6.58. The second-order valence-corrected chi connectivity index (χ2v) is 8.57. The minimum absolute atomic E-state index is 0.0418. The van der Waals surface area contributed by atoms with Gasteiger partial charge in [-0.2, -0.15) is 0 Å². The average molecular weight is 359 g/mol. The number of amides is 1. The normalized spacial score (nSPS) is 26.8. The summed E-state index contributed by atoms with van der Waals surface area (Å²) in [5.41, 5.74) is 0.113. The van der Waals surface area contributed by atoms with Crippen molar-refractivity contribution in [2.45, 2.75) is 38.1 Å². The summed E-state index contributed by atoms with van der Waals surface area (Å²) in [6.45, 7) is 3.05. The average Bonchev–Trinajstić information content (AvgIpc) is 2.82. The van der Waals surface area contributed by atoms with E-state index in [1.165, 1.54) is 30.6 Å². The lowest BCUT2D eigenvalue weighted by atomic mass is 9.75. The molecule has 1 fully saturated rings. The molecular weight excluding hydrogens is 336 g/mol. The van der Waals surface area contributed by atoms with Crippen LogP contribution in [0.1, 0.15) is 42.3 Å². The molecule has 0 spiro atoms. The number of halogens is 1. The zero-order valence-electron chi connectivity index (χ0n) is 12.4. The van der Waals surface area contributed by atoms with Gasteiger partial charge in [0.05, 0.1) is 8.66 Å². The molecule has 1 amide bonds. The van der Waals surface area contributed by atoms with Crippen LogP contribution in [0.2, 0.25) is 0 Å². The van der Waals surface area contributed by atoms with Gasteiger partial charge in [0.25, 0.3) is 5.91 Å². The molecule has 112 valence electrons. The number of nitrogens with one attached hydrogen (secondary N) is 1. The van der Waals surface area contributed by atoms with E-state index in [-0.39, 0.29) is 11.4 Å². The topological polar surface area (TPSA) is 32.3 Å². The molecule has 5 heteroatoms. The Labute approximate surface area is 133 Å². The SMILES string of the molecule is CC1CCCC(CNC(=O)c2ccc(Br)s2)(N(C)C)C1. The minimum atomic E-state index is 0.0418. The Balaban J connectivity index is 2.00. The minimum Gasteiger partial charge on any atom is -0.349 e. The van der Waals surface area contributed by atoms with E-state index in [2.05, 4.69) is 47.2 Å². The van der Waals surface area contributed by atoms with Gasteiger partial charge in [0, 0.05) is 12.1 Å². The molecule has 0 saturated heterocycles. The van der Waals surface area contributed by atoms with Crippen LogP contribution in [0.25, 0.3) is 0 Å². The fourth-order valence-electron chi connectivity index (χ4n) is 3.13. The summed E-state index contributed by atoms with van der Waals surface area (Å²) >= 11 is 4.88. The predicted molar refractivity (Wildman–Crippen MR) is 88.4 cm³/mol. The van der Waals surface area contributed by atoms with Crippen molar-refractivity contribution >= 4 is 33.2 Å². The van der Waals surface area contributed by atoms with Crippen molar-refractivity contribution in [1.29, 1.82) is 0 Å². The number of thiophene rings is 1. The van der Waals surface area contributed by atoms with Crippen molar-refractivity contribution in [2.24, 2.45) is 5.92 Å². The van der Waals surface area contributed by atoms with E-state index < -0.39 is 0 Å². The quantitative estimate of drug-likeness (QED) is 0.888. The van der Waals surface area contributed by atoms with Crippen LogP contribution in [0.3, 0.4) is 0 Å². The van der Waals surface area contributed by atoms with Crippen LogP contribution >= 0.6 is 27.3 Å². The van der Waals surface area contributed by atoms with E-state index in [1.807, 2.05) is 12.1 Å². The molecule has 20 heavy (non-hydrogen) atoms. The molecule has 1 saturated carbocycles. The third-order valence-electron chi connectivity index (χ3n) is 4.39. The van der Waals surface area contributed by atoms with Crippen LogP contribution in [-0.4, -0.2) is 37.0 Å². The number of likely N-dealkylation sites (N-methyl/N-ethyl adjacent to an activating group) is 1. The number of nitrogens with zero attached hydrogens (tertiary/aromatic N) is 1. The molecule has 1 aliphatic carbocycles. The number of carbonyl (C=O) groups is 1. The molecule has 2 unspecified atom stereocenters. The molecule has 1 aromatic rings. The molecule has 1 heterocycles. The fourth-order valence-corrected chi connectivity index (χ4v) is 4.43. The lowest BCUT2D eigenvalue weighted by Gasteiger charge is -2.45. The third kappa shape index (κ3) is 3.62. The summed E-state index contributed by atoms with van der Waals surface area (Å²) in [6, 6.07) is 3.79. The van der Waals surface area contributed by atoms with Crippen molar-refractivity contribution in [3.05, 3.63) is 20.8 Å². The van der Waals surface area contributed by atoms with Gasteiger partial charge in [-0.25, -0.2) is 0 Å². The van der Waals surface area contributed by atoms with Crippen LogP contribution in [0.5, 0.6) is 0 Å². The van der Waals surface area contributed by atoms with E-state index in [4.69, 9.17) is 0 Å². The van der Waals surface area contributed by atoms with Crippen molar-refractivity contribution in [1.82, 2.24) is 10.2 Å². The summed E-state index contributed by atoms with van der Waals surface area (Å²) in [6.07, 6.45) is 4.88. The first-order valence-electron chi connectivity index (χ1n) is 7.14. The van der Waals surface area contributed by atoms with E-state index >= 15 is 0 Å². The molecule has 3 nitrogen and oxygen atoms in total. The Morgan fingerprint density at radius 3 is 2.85 bits per heavy atom. The molecule has 0 bridgehead atoms. The summed E-state index contributed by atoms with van der Waals surface area (Å²) < 4.78 is 0.997. The highest BCUT2D eigenvalue weighted by atomic mass is 79.9. The van der Waals surface area contributed by atoms with Gasteiger partial charge >= 0.3 is 0 Å². The van der Waals surface area contributed by atoms with Gasteiger partial charge in [0.2, 0.25) is 0 Å². The monoisotopic (exact) mass is 358 g/mol. The molecule has 2 atom stereocenters. The highest BCUT2D eigenvalue weighted by molar-refractivity contribution is 9.11. The fraction of sp³-hybridized carbons (Fsp3) is 0.667. The molecule has 0 aliphatic heterocycles. The first-order valence-corrected chi connectivity index (χ1v) is 8.75. The maximum Gasteiger partial charge on any atom is 0.261 e. The Morgan fingerprint density at radius 1 is 1.55 bits per heavy atom. The third-order valence-corrected chi connectivity index (χ3v) is 6.01. The summed E-state index contributed by atoms with van der Waals surface area (Å²) in [7, 11) is 4.26. The smallest absolute Gasteiger partial charge is 0.261 e. The van der Waals surface area contributed by atoms with Gasteiger partial charge in [0.15, 0.2) is 0 Å². The molecule has 2 rings (SSSR count). The maximum atomic E-state index is 12.2. The highest BCUT2D eigenvalue weighted by Gasteiger charge is 2.37. The van der Waals surface area contributed by atoms with Crippen LogP contribution in [0.15, 0.2) is 15.9 Å². The lowest BCUT2D eigenvalue weighted by Crippen LogP contribution is -2.55.